The van der Waals surface area contributed by atoms with Gasteiger partial charge >= 0.3 is 0 Å². The van der Waals surface area contributed by atoms with Gasteiger partial charge in [-0.1, -0.05) is 30.3 Å². The molecule has 0 saturated heterocycles. The highest BCUT2D eigenvalue weighted by Gasteiger charge is 2.42. The maximum absolute atomic E-state index is 10.3. The zero-order valence-corrected chi connectivity index (χ0v) is 16.0. The zero-order chi connectivity index (χ0) is 19.8. The van der Waals surface area contributed by atoms with Gasteiger partial charge in [-0.15, -0.1) is 0 Å². The highest BCUT2D eigenvalue weighted by Crippen LogP contribution is 2.50. The highest BCUT2D eigenvalue weighted by molar-refractivity contribution is 6.04. The Kier molecular flexibility index (Phi) is 4.31. The molecule has 1 aromatic heterocycles. The van der Waals surface area contributed by atoms with Crippen LogP contribution in [0.1, 0.15) is 42.3 Å². The van der Waals surface area contributed by atoms with Gasteiger partial charge in [0.05, 0.1) is 18.4 Å². The Bertz CT molecular complexity index is 1070. The van der Waals surface area contributed by atoms with Gasteiger partial charge in [0.15, 0.2) is 11.5 Å². The third kappa shape index (κ3) is 2.97. The fourth-order valence-electron chi connectivity index (χ4n) is 3.98. The molecular weight excluding hydrogens is 366 g/mol. The topological polar surface area (TPSA) is 67.2 Å². The molecule has 2 aliphatic heterocycles. The van der Waals surface area contributed by atoms with E-state index >= 15 is 0 Å². The van der Waals surface area contributed by atoms with E-state index < -0.39 is 6.23 Å². The molecule has 3 aromatic rings. The number of nitrogens with zero attached hydrogens (tertiary/aromatic N) is 3. The summed E-state index contributed by atoms with van der Waals surface area (Å²) in [6.45, 7) is 2.52. The van der Waals surface area contributed by atoms with Gasteiger partial charge < -0.3 is 14.6 Å². The molecule has 6 heteroatoms. The number of hydrazone groups is 1. The maximum atomic E-state index is 10.3. The van der Waals surface area contributed by atoms with E-state index in [4.69, 9.17) is 14.6 Å². The Labute approximate surface area is 169 Å². The van der Waals surface area contributed by atoms with Crippen molar-refractivity contribution in [3.63, 3.8) is 0 Å². The summed E-state index contributed by atoms with van der Waals surface area (Å²) in [5, 5.41) is 17.2. The van der Waals surface area contributed by atoms with E-state index in [-0.39, 0.29) is 11.8 Å². The predicted molar refractivity (Wildman–Crippen MR) is 109 cm³/mol. The minimum absolute atomic E-state index is 0.0148. The van der Waals surface area contributed by atoms with Gasteiger partial charge in [0.25, 0.3) is 0 Å². The molecule has 2 atom stereocenters. The number of aromatic hydroxyl groups is 1. The first-order valence-corrected chi connectivity index (χ1v) is 9.72. The van der Waals surface area contributed by atoms with Crippen molar-refractivity contribution in [1.82, 2.24) is 9.99 Å². The number of hydrogen-bond acceptors (Lipinski definition) is 6. The van der Waals surface area contributed by atoms with Crippen molar-refractivity contribution < 1.29 is 14.6 Å². The van der Waals surface area contributed by atoms with Crippen molar-refractivity contribution in [3.05, 3.63) is 83.7 Å². The van der Waals surface area contributed by atoms with Gasteiger partial charge in [-0.3, -0.25) is 4.98 Å². The number of ether oxygens (including phenoxy) is 2. The number of fused-ring (bicyclic) bond motifs is 3. The van der Waals surface area contributed by atoms with Gasteiger partial charge in [0.2, 0.25) is 6.23 Å². The van der Waals surface area contributed by atoms with Crippen molar-refractivity contribution in [2.45, 2.75) is 25.6 Å². The van der Waals surface area contributed by atoms with Crippen LogP contribution in [0.5, 0.6) is 17.2 Å². The van der Waals surface area contributed by atoms with Crippen LogP contribution in [0.25, 0.3) is 0 Å². The van der Waals surface area contributed by atoms with Crippen molar-refractivity contribution in [1.29, 1.82) is 0 Å². The van der Waals surface area contributed by atoms with E-state index in [2.05, 4.69) is 11.1 Å². The number of para-hydroxylation sites is 2. The molecule has 29 heavy (non-hydrogen) atoms. The summed E-state index contributed by atoms with van der Waals surface area (Å²) in [5.41, 5.74) is 3.52. The monoisotopic (exact) mass is 387 g/mol. The molecule has 0 amide bonds. The Morgan fingerprint density at radius 1 is 1.14 bits per heavy atom. The minimum Gasteiger partial charge on any atom is -0.507 e. The second-order valence-corrected chi connectivity index (χ2v) is 7.03. The second kappa shape index (κ2) is 7.13. The smallest absolute Gasteiger partial charge is 0.215 e. The van der Waals surface area contributed by atoms with Gasteiger partial charge in [-0.05, 0) is 31.2 Å². The van der Waals surface area contributed by atoms with Crippen molar-refractivity contribution in [2.24, 2.45) is 5.10 Å². The minimum atomic E-state index is -0.425. The van der Waals surface area contributed by atoms with Crippen LogP contribution in [0.4, 0.5) is 0 Å². The fraction of sp³-hybridized carbons (Fsp3) is 0.217. The third-order valence-electron chi connectivity index (χ3n) is 5.26. The molecule has 0 bridgehead atoms. The number of benzene rings is 2. The van der Waals surface area contributed by atoms with Crippen LogP contribution in [-0.4, -0.2) is 27.4 Å². The lowest BCUT2D eigenvalue weighted by Crippen LogP contribution is -2.34. The summed E-state index contributed by atoms with van der Waals surface area (Å²) >= 11 is 0. The molecule has 5 rings (SSSR count). The van der Waals surface area contributed by atoms with Crippen LogP contribution in [0.2, 0.25) is 0 Å². The highest BCUT2D eigenvalue weighted by atomic mass is 16.5. The molecule has 0 spiro atoms. The van der Waals surface area contributed by atoms with Crippen LogP contribution in [0.3, 0.4) is 0 Å². The summed E-state index contributed by atoms with van der Waals surface area (Å²) in [7, 11) is 0. The van der Waals surface area contributed by atoms with E-state index in [9.17, 15) is 5.11 Å². The lowest BCUT2D eigenvalue weighted by Gasteiger charge is -2.38. The van der Waals surface area contributed by atoms with Gasteiger partial charge in [-0.25, -0.2) is 5.01 Å². The normalized spacial score (nSPS) is 19.8. The predicted octanol–water partition coefficient (Wildman–Crippen LogP) is 4.43. The Balaban J connectivity index is 1.63. The molecule has 146 valence electrons. The lowest BCUT2D eigenvalue weighted by atomic mass is 9.95. The molecule has 0 radical (unpaired) electrons. The molecular formula is C23H21N3O3. The molecule has 0 saturated carbocycles. The van der Waals surface area contributed by atoms with Crippen molar-refractivity contribution >= 4 is 5.71 Å². The Morgan fingerprint density at radius 2 is 2.03 bits per heavy atom. The fourth-order valence-corrected chi connectivity index (χ4v) is 3.98. The average Bonchev–Trinajstić information content (AvgIpc) is 3.20. The number of aromatic nitrogens is 1. The number of hydrogen-bond donors (Lipinski definition) is 1. The van der Waals surface area contributed by atoms with E-state index in [1.807, 2.05) is 54.4 Å². The molecule has 2 aliphatic rings. The average molecular weight is 387 g/mol. The van der Waals surface area contributed by atoms with Gasteiger partial charge in [0, 0.05) is 35.5 Å². The lowest BCUT2D eigenvalue weighted by molar-refractivity contribution is -0.0214. The molecule has 0 fully saturated rings. The Morgan fingerprint density at radius 3 is 2.83 bits per heavy atom. The maximum Gasteiger partial charge on any atom is 0.215 e. The van der Waals surface area contributed by atoms with E-state index in [1.165, 1.54) is 0 Å². The molecule has 3 heterocycles. The van der Waals surface area contributed by atoms with Crippen molar-refractivity contribution in [3.8, 4) is 17.2 Å². The first-order valence-electron chi connectivity index (χ1n) is 9.72. The van der Waals surface area contributed by atoms with E-state index in [0.717, 1.165) is 33.9 Å². The number of rotatable bonds is 4. The largest absolute Gasteiger partial charge is 0.507 e. The number of phenolic OH excluding ortho intramolecular Hbond substituents is 1. The summed E-state index contributed by atoms with van der Waals surface area (Å²) in [4.78, 5) is 4.25. The van der Waals surface area contributed by atoms with Gasteiger partial charge in [0.1, 0.15) is 5.75 Å². The number of pyridine rings is 1. The van der Waals surface area contributed by atoms with Crippen LogP contribution < -0.4 is 9.47 Å². The van der Waals surface area contributed by atoms with Crippen LogP contribution in [0.15, 0.2) is 72.1 Å². The molecule has 6 nitrogen and oxygen atoms in total. The second-order valence-electron chi connectivity index (χ2n) is 7.03. The SMILES string of the molecule is CCOc1cccc2c1O[C@@H](c1cccnc1)N1N=C(c3ccccc3O)C[C@H]21. The molecule has 0 unspecified atom stereocenters. The van der Waals surface area contributed by atoms with Crippen LogP contribution in [0, 0.1) is 0 Å². The van der Waals surface area contributed by atoms with Crippen LogP contribution in [-0.2, 0) is 0 Å². The van der Waals surface area contributed by atoms with E-state index in [0.29, 0.717) is 13.0 Å². The van der Waals surface area contributed by atoms with E-state index in [1.54, 1.807) is 18.5 Å². The van der Waals surface area contributed by atoms with Gasteiger partial charge in [-0.2, -0.15) is 5.10 Å². The van der Waals surface area contributed by atoms with Crippen molar-refractivity contribution in [2.75, 3.05) is 6.61 Å². The third-order valence-corrected chi connectivity index (χ3v) is 5.26. The molecule has 2 aromatic carbocycles. The first-order chi connectivity index (χ1) is 14.3. The standard InChI is InChI=1S/C23H21N3O3/c1-2-28-21-11-5-9-17-19-13-18(16-8-3-4-10-20(16)27)25-26(19)23(29-22(17)21)15-7-6-12-24-14-15/h3-12,14,19,23,27H,2,13H2,1H3/t19-,23+/m1/s1. The first kappa shape index (κ1) is 17.6. The summed E-state index contributed by atoms with van der Waals surface area (Å²) < 4.78 is 12.3. The quantitative estimate of drug-likeness (QED) is 0.717. The molecule has 1 N–H and O–H groups in total. The Hall–Kier alpha value is -3.54. The zero-order valence-electron chi connectivity index (χ0n) is 16.0. The summed E-state index contributed by atoms with van der Waals surface area (Å²) in [6, 6.07) is 17.1. The van der Waals surface area contributed by atoms with Crippen LogP contribution >= 0.6 is 0 Å². The number of phenols is 1. The molecule has 0 aliphatic carbocycles. The summed E-state index contributed by atoms with van der Waals surface area (Å²) in [5.74, 6) is 1.71. The summed E-state index contributed by atoms with van der Waals surface area (Å²) in [6.07, 6.45) is 3.78.